The van der Waals surface area contributed by atoms with Gasteiger partial charge in [-0.05, 0) is 47.1 Å². The van der Waals surface area contributed by atoms with Gasteiger partial charge < -0.3 is 10.6 Å². The van der Waals surface area contributed by atoms with Gasteiger partial charge in [0.05, 0.1) is 6.54 Å². The third-order valence-corrected chi connectivity index (χ3v) is 2.96. The molecule has 0 aromatic carbocycles. The van der Waals surface area contributed by atoms with Crippen LogP contribution in [0.15, 0.2) is 4.99 Å². The SMILES string of the molecule is CCNC(=NCCN(CC)C1CC1)NC(C)(C)C.I. The fourth-order valence-corrected chi connectivity index (χ4v) is 1.99. The Morgan fingerprint density at radius 3 is 2.32 bits per heavy atom. The molecule has 1 aliphatic rings. The number of hydrogen-bond acceptors (Lipinski definition) is 2. The van der Waals surface area contributed by atoms with E-state index in [1.54, 1.807) is 0 Å². The van der Waals surface area contributed by atoms with E-state index in [2.05, 4.69) is 55.1 Å². The first-order valence-electron chi connectivity index (χ1n) is 7.26. The minimum atomic E-state index is 0. The van der Waals surface area contributed by atoms with Crippen molar-refractivity contribution < 1.29 is 0 Å². The second-order valence-electron chi connectivity index (χ2n) is 6.00. The number of likely N-dealkylation sites (N-methyl/N-ethyl adjacent to an activating group) is 1. The molecule has 0 aliphatic heterocycles. The molecule has 0 spiro atoms. The number of rotatable bonds is 6. The lowest BCUT2D eigenvalue weighted by Gasteiger charge is -2.24. The molecule has 0 atom stereocenters. The summed E-state index contributed by atoms with van der Waals surface area (Å²) >= 11 is 0. The summed E-state index contributed by atoms with van der Waals surface area (Å²) in [6.07, 6.45) is 2.75. The van der Waals surface area contributed by atoms with Crippen LogP contribution in [0, 0.1) is 0 Å². The van der Waals surface area contributed by atoms with E-state index in [1.165, 1.54) is 12.8 Å². The van der Waals surface area contributed by atoms with E-state index in [1.807, 2.05) is 0 Å². The van der Waals surface area contributed by atoms with Crippen molar-refractivity contribution >= 4 is 29.9 Å². The van der Waals surface area contributed by atoms with Crippen molar-refractivity contribution in [3.63, 3.8) is 0 Å². The lowest BCUT2D eigenvalue weighted by Crippen LogP contribution is -2.47. The second-order valence-corrected chi connectivity index (χ2v) is 6.00. The van der Waals surface area contributed by atoms with Crippen LogP contribution >= 0.6 is 24.0 Å². The summed E-state index contributed by atoms with van der Waals surface area (Å²) in [5, 5.41) is 6.71. The number of halogens is 1. The van der Waals surface area contributed by atoms with E-state index >= 15 is 0 Å². The average molecular weight is 382 g/mol. The van der Waals surface area contributed by atoms with Gasteiger partial charge in [-0.3, -0.25) is 9.89 Å². The van der Waals surface area contributed by atoms with Gasteiger partial charge in [0.2, 0.25) is 0 Å². The summed E-state index contributed by atoms with van der Waals surface area (Å²) in [5.74, 6) is 0.928. The summed E-state index contributed by atoms with van der Waals surface area (Å²) in [4.78, 5) is 7.18. The third kappa shape index (κ3) is 8.68. The number of aliphatic imine (C=N–C) groups is 1. The lowest BCUT2D eigenvalue weighted by molar-refractivity contribution is 0.286. The monoisotopic (exact) mass is 382 g/mol. The first-order chi connectivity index (χ1) is 8.46. The summed E-state index contributed by atoms with van der Waals surface area (Å²) in [6.45, 7) is 14.8. The van der Waals surface area contributed by atoms with Crippen LogP contribution in [0.1, 0.15) is 47.5 Å². The molecular formula is C14H31IN4. The van der Waals surface area contributed by atoms with Crippen molar-refractivity contribution in [3.8, 4) is 0 Å². The smallest absolute Gasteiger partial charge is 0.191 e. The molecule has 1 saturated carbocycles. The lowest BCUT2D eigenvalue weighted by atomic mass is 10.1. The van der Waals surface area contributed by atoms with Crippen LogP contribution in [-0.2, 0) is 0 Å². The van der Waals surface area contributed by atoms with E-state index in [-0.39, 0.29) is 29.5 Å². The number of hydrogen-bond donors (Lipinski definition) is 2. The Bertz CT molecular complexity index is 269. The van der Waals surface area contributed by atoms with Crippen LogP contribution in [0.2, 0.25) is 0 Å². The van der Waals surface area contributed by atoms with Crippen LogP contribution in [0.4, 0.5) is 0 Å². The maximum Gasteiger partial charge on any atom is 0.191 e. The summed E-state index contributed by atoms with van der Waals surface area (Å²) in [7, 11) is 0. The molecule has 1 rings (SSSR count). The van der Waals surface area contributed by atoms with Gasteiger partial charge in [-0.1, -0.05) is 6.92 Å². The van der Waals surface area contributed by atoms with Crippen molar-refractivity contribution in [2.45, 2.75) is 59.0 Å². The van der Waals surface area contributed by atoms with Crippen molar-refractivity contribution in [3.05, 3.63) is 0 Å². The van der Waals surface area contributed by atoms with Gasteiger partial charge in [0, 0.05) is 24.7 Å². The third-order valence-electron chi connectivity index (χ3n) is 2.96. The Kier molecular flexibility index (Phi) is 8.98. The zero-order chi connectivity index (χ0) is 13.6. The molecule has 4 nitrogen and oxygen atoms in total. The van der Waals surface area contributed by atoms with Crippen LogP contribution in [0.25, 0.3) is 0 Å². The molecule has 1 fully saturated rings. The van der Waals surface area contributed by atoms with Crippen LogP contribution in [-0.4, -0.2) is 48.6 Å². The largest absolute Gasteiger partial charge is 0.357 e. The molecule has 0 amide bonds. The number of nitrogens with one attached hydrogen (secondary N) is 2. The Morgan fingerprint density at radius 1 is 1.26 bits per heavy atom. The zero-order valence-electron chi connectivity index (χ0n) is 13.1. The normalized spacial score (nSPS) is 16.2. The molecule has 5 heteroatoms. The highest BCUT2D eigenvalue weighted by molar-refractivity contribution is 14.0. The van der Waals surface area contributed by atoms with Gasteiger partial charge in [0.1, 0.15) is 0 Å². The molecular weight excluding hydrogens is 351 g/mol. The van der Waals surface area contributed by atoms with Crippen molar-refractivity contribution in [1.29, 1.82) is 0 Å². The maximum absolute atomic E-state index is 4.65. The Morgan fingerprint density at radius 2 is 1.89 bits per heavy atom. The van der Waals surface area contributed by atoms with Gasteiger partial charge in [-0.25, -0.2) is 0 Å². The molecule has 0 aromatic rings. The summed E-state index contributed by atoms with van der Waals surface area (Å²) in [6, 6.07) is 0.836. The highest BCUT2D eigenvalue weighted by Crippen LogP contribution is 2.25. The molecule has 0 unspecified atom stereocenters. The fraction of sp³-hybridized carbons (Fsp3) is 0.929. The average Bonchev–Trinajstić information content (AvgIpc) is 3.06. The van der Waals surface area contributed by atoms with Gasteiger partial charge in [-0.2, -0.15) is 0 Å². The minimum absolute atomic E-state index is 0. The van der Waals surface area contributed by atoms with Crippen LogP contribution in [0.3, 0.4) is 0 Å². The summed E-state index contributed by atoms with van der Waals surface area (Å²) in [5.41, 5.74) is 0.0575. The molecule has 1 aliphatic carbocycles. The molecule has 2 N–H and O–H groups in total. The molecule has 0 aromatic heterocycles. The quantitative estimate of drug-likeness (QED) is 0.421. The predicted molar refractivity (Wildman–Crippen MR) is 94.6 cm³/mol. The van der Waals surface area contributed by atoms with Gasteiger partial charge in [-0.15, -0.1) is 24.0 Å². The number of nitrogens with zero attached hydrogens (tertiary/aromatic N) is 2. The minimum Gasteiger partial charge on any atom is -0.357 e. The highest BCUT2D eigenvalue weighted by Gasteiger charge is 2.27. The second kappa shape index (κ2) is 9.00. The van der Waals surface area contributed by atoms with Gasteiger partial charge >= 0.3 is 0 Å². The highest BCUT2D eigenvalue weighted by atomic mass is 127. The Balaban J connectivity index is 0.00000324. The van der Waals surface area contributed by atoms with Crippen molar-refractivity contribution in [1.82, 2.24) is 15.5 Å². The van der Waals surface area contributed by atoms with E-state index in [0.717, 1.165) is 38.2 Å². The van der Waals surface area contributed by atoms with E-state index in [9.17, 15) is 0 Å². The first kappa shape index (κ1) is 19.0. The number of guanidine groups is 1. The first-order valence-corrected chi connectivity index (χ1v) is 7.26. The van der Waals surface area contributed by atoms with Crippen molar-refractivity contribution in [2.75, 3.05) is 26.2 Å². The van der Waals surface area contributed by atoms with E-state index < -0.39 is 0 Å². The van der Waals surface area contributed by atoms with E-state index in [4.69, 9.17) is 0 Å². The molecule has 19 heavy (non-hydrogen) atoms. The van der Waals surface area contributed by atoms with Crippen LogP contribution < -0.4 is 10.6 Å². The van der Waals surface area contributed by atoms with Gasteiger partial charge in [0.25, 0.3) is 0 Å². The topological polar surface area (TPSA) is 39.7 Å². The van der Waals surface area contributed by atoms with Crippen LogP contribution in [0.5, 0.6) is 0 Å². The molecule has 0 heterocycles. The Labute approximate surface area is 135 Å². The molecule has 114 valence electrons. The van der Waals surface area contributed by atoms with E-state index in [0.29, 0.717) is 0 Å². The molecule has 0 saturated heterocycles. The molecule has 0 bridgehead atoms. The maximum atomic E-state index is 4.65. The summed E-state index contributed by atoms with van der Waals surface area (Å²) < 4.78 is 0. The molecule has 0 radical (unpaired) electrons. The van der Waals surface area contributed by atoms with Crippen molar-refractivity contribution in [2.24, 2.45) is 4.99 Å². The Hall–Kier alpha value is -0.0400. The predicted octanol–water partition coefficient (Wildman–Crippen LogP) is 2.44. The van der Waals surface area contributed by atoms with Gasteiger partial charge in [0.15, 0.2) is 5.96 Å². The fourth-order valence-electron chi connectivity index (χ4n) is 1.99. The standard InChI is InChI=1S/C14H30N4.HI/c1-6-15-13(17-14(3,4)5)16-10-11-18(7-2)12-8-9-12;/h12H,6-11H2,1-5H3,(H2,15,16,17);1H. The zero-order valence-corrected chi connectivity index (χ0v) is 15.5.